The summed E-state index contributed by atoms with van der Waals surface area (Å²) in [5, 5.41) is 5.04. The highest BCUT2D eigenvalue weighted by atomic mass is 32.2. The van der Waals surface area contributed by atoms with Gasteiger partial charge in [-0.05, 0) is 36.4 Å². The van der Waals surface area contributed by atoms with Gasteiger partial charge in [0.05, 0.1) is 23.6 Å². The highest BCUT2D eigenvalue weighted by Crippen LogP contribution is 2.34. The van der Waals surface area contributed by atoms with Crippen LogP contribution in [0.4, 0.5) is 0 Å². The maximum absolute atomic E-state index is 12.5. The van der Waals surface area contributed by atoms with Crippen molar-refractivity contribution >= 4 is 33.1 Å². The summed E-state index contributed by atoms with van der Waals surface area (Å²) in [6, 6.07) is 11.3. The van der Waals surface area contributed by atoms with E-state index >= 15 is 0 Å². The summed E-state index contributed by atoms with van der Waals surface area (Å²) in [6.45, 7) is 0.823. The van der Waals surface area contributed by atoms with Crippen molar-refractivity contribution in [2.75, 3.05) is 33.9 Å². The molecule has 1 aliphatic heterocycles. The molecule has 0 bridgehead atoms. The number of amides is 1. The van der Waals surface area contributed by atoms with Crippen LogP contribution in [0.15, 0.2) is 52.7 Å². The lowest BCUT2D eigenvalue weighted by molar-refractivity contribution is -0.117. The minimum Gasteiger partial charge on any atom is -0.486 e. The average molecular weight is 502 g/mol. The van der Waals surface area contributed by atoms with Gasteiger partial charge < -0.3 is 14.8 Å². The number of fused-ring (bicyclic) bond motifs is 1. The molecule has 9 nitrogen and oxygen atoms in total. The molecule has 4 rings (SSSR count). The fourth-order valence-corrected chi connectivity index (χ4v) is 5.03. The zero-order valence-electron chi connectivity index (χ0n) is 18.6. The van der Waals surface area contributed by atoms with Crippen LogP contribution in [0.5, 0.6) is 11.5 Å². The summed E-state index contributed by atoms with van der Waals surface area (Å²) in [4.78, 5) is 29.4. The first-order valence-electron chi connectivity index (χ1n) is 10.4. The molecule has 178 valence electrons. The molecule has 3 aromatic rings. The van der Waals surface area contributed by atoms with Crippen molar-refractivity contribution in [1.29, 1.82) is 0 Å². The number of benzene rings is 2. The van der Waals surface area contributed by atoms with Gasteiger partial charge in [0.15, 0.2) is 17.3 Å². The number of hydrogen-bond donors (Lipinski definition) is 1. The maximum Gasteiger partial charge on any atom is 0.251 e. The number of ketones is 1. The molecular weight excluding hydrogens is 478 g/mol. The van der Waals surface area contributed by atoms with E-state index in [2.05, 4.69) is 10.3 Å². The number of sulfonamides is 1. The molecular formula is C23H23N3O6S2. The van der Waals surface area contributed by atoms with E-state index < -0.39 is 15.9 Å². The molecule has 1 aromatic heterocycles. The number of carbonyl (C=O) groups is 2. The fraction of sp³-hybridized carbons (Fsp3) is 0.261. The number of nitrogens with one attached hydrogen (secondary N) is 1. The molecule has 2 aromatic carbocycles. The van der Waals surface area contributed by atoms with E-state index in [0.29, 0.717) is 29.7 Å². The minimum atomic E-state index is -3.67. The first-order valence-corrected chi connectivity index (χ1v) is 12.7. The predicted octanol–water partition coefficient (Wildman–Crippen LogP) is 2.37. The number of carbonyl (C=O) groups excluding carboxylic acids is 2. The lowest BCUT2D eigenvalue weighted by atomic mass is 10.1. The van der Waals surface area contributed by atoms with Gasteiger partial charge in [0.25, 0.3) is 5.91 Å². The molecule has 1 amide bonds. The van der Waals surface area contributed by atoms with Crippen LogP contribution in [0.25, 0.3) is 11.3 Å². The van der Waals surface area contributed by atoms with Crippen molar-refractivity contribution in [2.45, 2.75) is 11.3 Å². The smallest absolute Gasteiger partial charge is 0.251 e. The number of nitrogens with zero attached hydrogens (tertiary/aromatic N) is 2. The first kappa shape index (κ1) is 23.9. The van der Waals surface area contributed by atoms with Gasteiger partial charge in [-0.25, -0.2) is 17.7 Å². The van der Waals surface area contributed by atoms with Crippen LogP contribution in [0.2, 0.25) is 0 Å². The number of ether oxygens (including phenoxy) is 2. The van der Waals surface area contributed by atoms with Crippen molar-refractivity contribution in [2.24, 2.45) is 0 Å². The molecule has 0 saturated carbocycles. The van der Waals surface area contributed by atoms with Gasteiger partial charge in [0.1, 0.15) is 18.2 Å². The van der Waals surface area contributed by atoms with Crippen LogP contribution < -0.4 is 14.8 Å². The van der Waals surface area contributed by atoms with Crippen LogP contribution in [0.3, 0.4) is 0 Å². The van der Waals surface area contributed by atoms with E-state index in [4.69, 9.17) is 9.47 Å². The lowest BCUT2D eigenvalue weighted by Crippen LogP contribution is -2.30. The molecule has 0 fully saturated rings. The molecule has 0 saturated heterocycles. The molecule has 0 atom stereocenters. The summed E-state index contributed by atoms with van der Waals surface area (Å²) >= 11 is 1.36. The monoisotopic (exact) mass is 501 g/mol. The first-order chi connectivity index (χ1) is 16.2. The summed E-state index contributed by atoms with van der Waals surface area (Å²) in [7, 11) is -0.836. The Bertz CT molecular complexity index is 1330. The fourth-order valence-electron chi connectivity index (χ4n) is 3.25. The largest absolute Gasteiger partial charge is 0.486 e. The number of rotatable bonds is 8. The van der Waals surface area contributed by atoms with Crippen LogP contribution in [0.1, 0.15) is 15.4 Å². The number of aromatic nitrogens is 1. The van der Waals surface area contributed by atoms with Crippen LogP contribution >= 0.6 is 11.3 Å². The molecule has 34 heavy (non-hydrogen) atoms. The average Bonchev–Trinajstić information content (AvgIpc) is 3.30. The Balaban J connectivity index is 1.35. The predicted molar refractivity (Wildman–Crippen MR) is 127 cm³/mol. The normalized spacial score (nSPS) is 13.0. The van der Waals surface area contributed by atoms with Gasteiger partial charge in [-0.1, -0.05) is 6.07 Å². The zero-order chi connectivity index (χ0) is 24.3. The third-order valence-electron chi connectivity index (χ3n) is 5.06. The summed E-state index contributed by atoms with van der Waals surface area (Å²) < 4.78 is 36.8. The highest BCUT2D eigenvalue weighted by Gasteiger charge is 2.19. The van der Waals surface area contributed by atoms with Crippen molar-refractivity contribution < 1.29 is 27.5 Å². The molecule has 1 N–H and O–H groups in total. The van der Waals surface area contributed by atoms with Gasteiger partial charge in [-0.3, -0.25) is 9.59 Å². The Morgan fingerprint density at radius 1 is 1.09 bits per heavy atom. The molecule has 0 aliphatic carbocycles. The molecule has 0 spiro atoms. The summed E-state index contributed by atoms with van der Waals surface area (Å²) in [5.74, 6) is 0.620. The second-order valence-electron chi connectivity index (χ2n) is 7.70. The maximum atomic E-state index is 12.5. The number of thiazole rings is 1. The molecule has 1 aliphatic rings. The molecule has 0 unspecified atom stereocenters. The Morgan fingerprint density at radius 2 is 1.85 bits per heavy atom. The van der Waals surface area contributed by atoms with Gasteiger partial charge in [0.2, 0.25) is 10.0 Å². The Hall–Kier alpha value is -3.28. The number of Topliss-reactive ketones (excluding diaryl/α,β-unsaturated/α-hetero) is 1. The second kappa shape index (κ2) is 9.92. The summed E-state index contributed by atoms with van der Waals surface area (Å²) in [5.41, 5.74) is 1.75. The van der Waals surface area contributed by atoms with Gasteiger partial charge in [-0.2, -0.15) is 0 Å². The molecule has 11 heteroatoms. The van der Waals surface area contributed by atoms with E-state index in [1.165, 1.54) is 49.7 Å². The van der Waals surface area contributed by atoms with Crippen LogP contribution in [-0.2, 0) is 21.2 Å². The lowest BCUT2D eigenvalue weighted by Gasteiger charge is -2.18. The molecule has 0 radical (unpaired) electrons. The van der Waals surface area contributed by atoms with E-state index in [1.54, 1.807) is 0 Å². The third-order valence-corrected chi connectivity index (χ3v) is 7.72. The van der Waals surface area contributed by atoms with Crippen LogP contribution in [0, 0.1) is 0 Å². The van der Waals surface area contributed by atoms with Crippen molar-refractivity contribution in [3.63, 3.8) is 0 Å². The second-order valence-corrected chi connectivity index (χ2v) is 10.8. The molecule has 2 heterocycles. The van der Waals surface area contributed by atoms with E-state index in [9.17, 15) is 18.0 Å². The SMILES string of the molecule is CN(C)S(=O)(=O)c1cccc(C(=O)NCC(=O)Cc2nc(-c3ccc4c(c3)OCCO4)cs2)c1. The Morgan fingerprint density at radius 3 is 2.62 bits per heavy atom. The standard InChI is InChI=1S/C23H23N3O6S2/c1-26(2)34(29,30)18-5-3-4-16(10-18)23(28)24-13-17(27)12-22-25-19(14-33-22)15-6-7-20-21(11-15)32-9-8-31-20/h3-7,10-11,14H,8-9,12-13H2,1-2H3,(H,24,28). The van der Waals surface area contributed by atoms with Gasteiger partial charge in [-0.15, -0.1) is 11.3 Å². The third kappa shape index (κ3) is 5.27. The van der Waals surface area contributed by atoms with Gasteiger partial charge in [0, 0.05) is 30.6 Å². The number of hydrogen-bond acceptors (Lipinski definition) is 8. The Kier molecular flexibility index (Phi) is 6.96. The van der Waals surface area contributed by atoms with E-state index in [1.807, 2.05) is 23.6 Å². The van der Waals surface area contributed by atoms with E-state index in [0.717, 1.165) is 15.6 Å². The minimum absolute atomic E-state index is 0.00549. The zero-order valence-corrected chi connectivity index (χ0v) is 20.2. The van der Waals surface area contributed by atoms with E-state index in [-0.39, 0.29) is 29.2 Å². The van der Waals surface area contributed by atoms with Crippen molar-refractivity contribution in [1.82, 2.24) is 14.6 Å². The van der Waals surface area contributed by atoms with Crippen LogP contribution in [-0.4, -0.2) is 63.3 Å². The topological polar surface area (TPSA) is 115 Å². The summed E-state index contributed by atoms with van der Waals surface area (Å²) in [6.07, 6.45) is 0.0740. The van der Waals surface area contributed by atoms with Crippen molar-refractivity contribution in [3.05, 3.63) is 58.4 Å². The van der Waals surface area contributed by atoms with Gasteiger partial charge >= 0.3 is 0 Å². The quantitative estimate of drug-likeness (QED) is 0.504. The Labute approximate surface area is 201 Å². The highest BCUT2D eigenvalue weighted by molar-refractivity contribution is 7.89. The van der Waals surface area contributed by atoms with Crippen molar-refractivity contribution in [3.8, 4) is 22.8 Å².